The number of rotatable bonds is 8. The third-order valence-electron chi connectivity index (χ3n) is 5.01. The third kappa shape index (κ3) is 4.71. The molecule has 2 aromatic rings. The highest BCUT2D eigenvalue weighted by Crippen LogP contribution is 2.42. The van der Waals surface area contributed by atoms with E-state index in [1.807, 2.05) is 24.3 Å². The minimum atomic E-state index is -0.931. The van der Waals surface area contributed by atoms with Crippen LogP contribution in [-0.2, 0) is 16.0 Å². The molecule has 3 rings (SSSR count). The second kappa shape index (κ2) is 9.01. The molecule has 1 N–H and O–H groups in total. The van der Waals surface area contributed by atoms with Gasteiger partial charge in [-0.3, -0.25) is 0 Å². The maximum atomic E-state index is 11.4. The van der Waals surface area contributed by atoms with Crippen molar-refractivity contribution in [3.8, 4) is 11.5 Å². The number of esters is 1. The second-order valence-corrected chi connectivity index (χ2v) is 7.21. The molecule has 0 saturated heterocycles. The van der Waals surface area contributed by atoms with E-state index in [4.69, 9.17) is 14.2 Å². The van der Waals surface area contributed by atoms with Gasteiger partial charge in [-0.2, -0.15) is 0 Å². The van der Waals surface area contributed by atoms with Gasteiger partial charge in [0.2, 0.25) is 0 Å². The van der Waals surface area contributed by atoms with Gasteiger partial charge in [-0.1, -0.05) is 24.8 Å². The van der Waals surface area contributed by atoms with Crippen LogP contribution in [0.1, 0.15) is 24.1 Å². The molecule has 0 aliphatic carbocycles. The van der Waals surface area contributed by atoms with E-state index in [0.717, 1.165) is 17.7 Å². The number of hydrogen-bond acceptors (Lipinski definition) is 6. The van der Waals surface area contributed by atoms with Crippen LogP contribution in [0, 0.1) is 0 Å². The lowest BCUT2D eigenvalue weighted by Gasteiger charge is -2.25. The van der Waals surface area contributed by atoms with Crippen molar-refractivity contribution in [1.29, 1.82) is 0 Å². The zero-order valence-electron chi connectivity index (χ0n) is 17.1. The molecule has 0 fully saturated rings. The van der Waals surface area contributed by atoms with E-state index in [1.54, 1.807) is 14.0 Å². The summed E-state index contributed by atoms with van der Waals surface area (Å²) >= 11 is 0. The molecule has 1 aliphatic rings. The fourth-order valence-corrected chi connectivity index (χ4v) is 3.45. The Morgan fingerprint density at radius 3 is 2.72 bits per heavy atom. The van der Waals surface area contributed by atoms with Crippen LogP contribution in [-0.4, -0.2) is 44.6 Å². The van der Waals surface area contributed by atoms with E-state index < -0.39 is 12.1 Å². The van der Waals surface area contributed by atoms with Crippen LogP contribution in [0.5, 0.6) is 11.5 Å². The number of nitrogens with zero attached hydrogens (tertiary/aromatic N) is 1. The van der Waals surface area contributed by atoms with Crippen molar-refractivity contribution in [2.75, 3.05) is 32.3 Å². The van der Waals surface area contributed by atoms with Crippen molar-refractivity contribution in [1.82, 2.24) is 0 Å². The predicted octanol–water partition coefficient (Wildman–Crippen LogP) is 3.29. The van der Waals surface area contributed by atoms with Crippen molar-refractivity contribution in [3.05, 3.63) is 65.7 Å². The quantitative estimate of drug-likeness (QED) is 0.545. The van der Waals surface area contributed by atoms with E-state index in [0.29, 0.717) is 5.75 Å². The van der Waals surface area contributed by atoms with Crippen molar-refractivity contribution >= 4 is 11.7 Å². The number of anilines is 1. The lowest BCUT2D eigenvalue weighted by molar-refractivity contribution is -0.142. The molecule has 2 aromatic carbocycles. The Hall–Kier alpha value is -2.99. The first kappa shape index (κ1) is 20.7. The summed E-state index contributed by atoms with van der Waals surface area (Å²) in [6.07, 6.45) is -0.0183. The first-order chi connectivity index (χ1) is 13.9. The summed E-state index contributed by atoms with van der Waals surface area (Å²) in [4.78, 5) is 13.6. The van der Waals surface area contributed by atoms with Crippen LogP contribution < -0.4 is 14.4 Å². The Morgan fingerprint density at radius 1 is 1.28 bits per heavy atom. The molecule has 1 aliphatic heterocycles. The largest absolute Gasteiger partial charge is 0.496 e. The molecule has 0 saturated carbocycles. The minimum Gasteiger partial charge on any atom is -0.496 e. The van der Waals surface area contributed by atoms with Gasteiger partial charge >= 0.3 is 5.97 Å². The summed E-state index contributed by atoms with van der Waals surface area (Å²) in [6.45, 7) is 4.91. The minimum absolute atomic E-state index is 0.000738. The number of methoxy groups -OCH3 is 1. The normalized spacial score (nSPS) is 16.1. The maximum absolute atomic E-state index is 11.4. The van der Waals surface area contributed by atoms with Gasteiger partial charge in [-0.25, -0.2) is 4.79 Å². The number of aliphatic hydroxyl groups excluding tert-OH is 1. The van der Waals surface area contributed by atoms with Crippen LogP contribution in [0.25, 0.3) is 0 Å². The summed E-state index contributed by atoms with van der Waals surface area (Å²) in [7, 11) is 3.72. The number of aliphatic hydroxyl groups is 1. The number of benzene rings is 2. The summed E-state index contributed by atoms with van der Waals surface area (Å²) in [6, 6.07) is 14.2. The molecular formula is C23H27NO5. The zero-order chi connectivity index (χ0) is 21.0. The summed E-state index contributed by atoms with van der Waals surface area (Å²) < 4.78 is 16.2. The van der Waals surface area contributed by atoms with Gasteiger partial charge in [0.15, 0.2) is 0 Å². The van der Waals surface area contributed by atoms with E-state index in [9.17, 15) is 9.90 Å². The van der Waals surface area contributed by atoms with Gasteiger partial charge in [-0.05, 0) is 37.1 Å². The molecule has 0 amide bonds. The van der Waals surface area contributed by atoms with Gasteiger partial charge in [-0.15, -0.1) is 0 Å². The van der Waals surface area contributed by atoms with Crippen molar-refractivity contribution in [2.24, 2.45) is 0 Å². The predicted molar refractivity (Wildman–Crippen MR) is 112 cm³/mol. The number of para-hydroxylation sites is 1. The van der Waals surface area contributed by atoms with Crippen LogP contribution in [0.2, 0.25) is 0 Å². The van der Waals surface area contributed by atoms with Crippen molar-refractivity contribution in [3.63, 3.8) is 0 Å². The highest BCUT2D eigenvalue weighted by molar-refractivity contribution is 5.86. The van der Waals surface area contributed by atoms with E-state index in [1.165, 1.54) is 11.3 Å². The van der Waals surface area contributed by atoms with Gasteiger partial charge in [0.25, 0.3) is 0 Å². The van der Waals surface area contributed by atoms with E-state index in [2.05, 4.69) is 36.7 Å². The number of ether oxygens (including phenoxy) is 3. The summed E-state index contributed by atoms with van der Waals surface area (Å²) in [5.74, 6) is 0.779. The van der Waals surface area contributed by atoms with Crippen LogP contribution in [0.4, 0.5) is 5.69 Å². The average molecular weight is 397 g/mol. The molecule has 6 heteroatoms. The molecule has 0 spiro atoms. The van der Waals surface area contributed by atoms with Gasteiger partial charge < -0.3 is 24.2 Å². The van der Waals surface area contributed by atoms with Crippen LogP contribution >= 0.6 is 0 Å². The number of carbonyl (C=O) groups is 1. The molecule has 2 atom stereocenters. The number of likely N-dealkylation sites (N-methyl/N-ethyl adjacent to an activating group) is 1. The SMILES string of the molecule is C=C(C)C(=O)OCC(O)COc1ccc(C2Cc3ccccc3N2C)c(OC)c1. The highest BCUT2D eigenvalue weighted by Gasteiger charge is 2.29. The Labute approximate surface area is 171 Å². The molecule has 1 heterocycles. The number of hydrogen-bond donors (Lipinski definition) is 1. The molecular weight excluding hydrogens is 370 g/mol. The van der Waals surface area contributed by atoms with E-state index >= 15 is 0 Å². The second-order valence-electron chi connectivity index (χ2n) is 7.21. The van der Waals surface area contributed by atoms with Crippen LogP contribution in [0.15, 0.2) is 54.6 Å². The summed E-state index contributed by atoms with van der Waals surface area (Å²) in [5, 5.41) is 9.96. The van der Waals surface area contributed by atoms with Crippen molar-refractivity contribution < 1.29 is 24.1 Å². The monoisotopic (exact) mass is 397 g/mol. The van der Waals surface area contributed by atoms with Gasteiger partial charge in [0, 0.05) is 29.9 Å². The molecule has 29 heavy (non-hydrogen) atoms. The fraction of sp³-hybridized carbons (Fsp3) is 0.348. The Morgan fingerprint density at radius 2 is 2.03 bits per heavy atom. The number of fused-ring (bicyclic) bond motifs is 1. The molecule has 0 aromatic heterocycles. The molecule has 6 nitrogen and oxygen atoms in total. The zero-order valence-corrected chi connectivity index (χ0v) is 17.1. The fourth-order valence-electron chi connectivity index (χ4n) is 3.45. The molecule has 0 radical (unpaired) electrons. The average Bonchev–Trinajstić information content (AvgIpc) is 3.06. The smallest absolute Gasteiger partial charge is 0.333 e. The maximum Gasteiger partial charge on any atom is 0.333 e. The Balaban J connectivity index is 1.64. The number of carbonyl (C=O) groups excluding carboxylic acids is 1. The van der Waals surface area contributed by atoms with Gasteiger partial charge in [0.05, 0.1) is 13.2 Å². The third-order valence-corrected chi connectivity index (χ3v) is 5.01. The first-order valence-corrected chi connectivity index (χ1v) is 9.53. The topological polar surface area (TPSA) is 68.2 Å². The van der Waals surface area contributed by atoms with Crippen LogP contribution in [0.3, 0.4) is 0 Å². The first-order valence-electron chi connectivity index (χ1n) is 9.53. The summed E-state index contributed by atoms with van der Waals surface area (Å²) in [5.41, 5.74) is 3.91. The Kier molecular flexibility index (Phi) is 6.44. The molecule has 2 unspecified atom stereocenters. The molecule has 0 bridgehead atoms. The standard InChI is InChI=1S/C23H27NO5/c1-15(2)23(26)29-14-17(25)13-28-18-9-10-19(22(12-18)27-4)21-11-16-7-5-6-8-20(16)24(21)3/h5-10,12,17,21,25H,1,11,13-14H2,2-4H3. The Bertz CT molecular complexity index is 895. The lowest BCUT2D eigenvalue weighted by atomic mass is 10.0. The van der Waals surface area contributed by atoms with E-state index in [-0.39, 0.29) is 24.8 Å². The highest BCUT2D eigenvalue weighted by atomic mass is 16.5. The molecule has 154 valence electrons. The lowest BCUT2D eigenvalue weighted by Crippen LogP contribution is -2.25. The van der Waals surface area contributed by atoms with Crippen molar-refractivity contribution in [2.45, 2.75) is 25.5 Å². The van der Waals surface area contributed by atoms with Gasteiger partial charge in [0.1, 0.15) is 30.8 Å².